The molecule has 2 aromatic rings. The monoisotopic (exact) mass is 334 g/mol. The molecule has 0 bridgehead atoms. The number of rotatable bonds is 2. The maximum absolute atomic E-state index is 5.30. The van der Waals surface area contributed by atoms with E-state index in [2.05, 4.69) is 49.4 Å². The molecular weight excluding hydrogens is 328 g/mol. The van der Waals surface area contributed by atoms with E-state index in [0.29, 0.717) is 0 Å². The number of ether oxygens (including phenoxy) is 1. The Morgan fingerprint density at radius 2 is 2.29 bits per heavy atom. The highest BCUT2D eigenvalue weighted by Gasteiger charge is 2.11. The summed E-state index contributed by atoms with van der Waals surface area (Å²) in [6.45, 7) is 0. The van der Waals surface area contributed by atoms with Gasteiger partial charge in [-0.1, -0.05) is 15.9 Å². The molecule has 1 nitrogen and oxygen atoms in total. The van der Waals surface area contributed by atoms with E-state index in [1.165, 1.54) is 15.6 Å². The van der Waals surface area contributed by atoms with Crippen LogP contribution in [0.5, 0.6) is 5.75 Å². The van der Waals surface area contributed by atoms with Crippen LogP contribution in [0.1, 0.15) is 5.56 Å². The van der Waals surface area contributed by atoms with Gasteiger partial charge in [-0.3, -0.25) is 0 Å². The zero-order valence-electron chi connectivity index (χ0n) is 7.51. The fraction of sp³-hybridized carbons (Fsp3) is 0.200. The lowest BCUT2D eigenvalue weighted by molar-refractivity contribution is 0.412. The third-order valence-electron chi connectivity index (χ3n) is 2.12. The van der Waals surface area contributed by atoms with Gasteiger partial charge in [0.15, 0.2) is 0 Å². The number of methoxy groups -OCH3 is 1. The van der Waals surface area contributed by atoms with Crippen LogP contribution < -0.4 is 4.74 Å². The number of hydrogen-bond donors (Lipinski definition) is 0. The standard InChI is InChI=1S/C10H8Br2OS/c1-13-8-4-9-6(2-3-14-9)7(5-11)10(8)12/h2-4H,5H2,1H3. The van der Waals surface area contributed by atoms with Crippen LogP contribution in [0.3, 0.4) is 0 Å². The van der Waals surface area contributed by atoms with Crippen LogP contribution in [0.25, 0.3) is 10.1 Å². The number of halogens is 2. The molecule has 2 rings (SSSR count). The molecule has 14 heavy (non-hydrogen) atoms. The number of benzene rings is 1. The van der Waals surface area contributed by atoms with Gasteiger partial charge in [-0.05, 0) is 44.4 Å². The van der Waals surface area contributed by atoms with Crippen LogP contribution in [0.4, 0.5) is 0 Å². The molecule has 0 aliphatic heterocycles. The molecule has 0 amide bonds. The number of hydrogen-bond acceptors (Lipinski definition) is 2. The van der Waals surface area contributed by atoms with E-state index in [1.807, 2.05) is 0 Å². The predicted molar refractivity (Wildman–Crippen MR) is 68.7 cm³/mol. The maximum atomic E-state index is 5.30. The minimum absolute atomic E-state index is 0.831. The lowest BCUT2D eigenvalue weighted by Gasteiger charge is -2.08. The Labute approximate surface area is 103 Å². The van der Waals surface area contributed by atoms with Gasteiger partial charge in [0.25, 0.3) is 0 Å². The number of fused-ring (bicyclic) bond motifs is 1. The van der Waals surface area contributed by atoms with E-state index in [0.717, 1.165) is 15.6 Å². The van der Waals surface area contributed by atoms with Crippen LogP contribution in [0, 0.1) is 0 Å². The van der Waals surface area contributed by atoms with E-state index in [1.54, 1.807) is 18.4 Å². The zero-order valence-corrected chi connectivity index (χ0v) is 11.5. The normalized spacial score (nSPS) is 10.8. The summed E-state index contributed by atoms with van der Waals surface area (Å²) in [6, 6.07) is 4.21. The van der Waals surface area contributed by atoms with Crippen molar-refractivity contribution >= 4 is 53.3 Å². The van der Waals surface area contributed by atoms with Crippen molar-refractivity contribution in [1.82, 2.24) is 0 Å². The quantitative estimate of drug-likeness (QED) is 0.730. The molecule has 0 saturated carbocycles. The second-order valence-corrected chi connectivity index (χ2v) is 5.14. The van der Waals surface area contributed by atoms with E-state index in [-0.39, 0.29) is 0 Å². The molecule has 0 aliphatic rings. The third kappa shape index (κ3) is 1.59. The molecule has 0 atom stereocenters. The summed E-state index contributed by atoms with van der Waals surface area (Å²) in [7, 11) is 1.69. The van der Waals surface area contributed by atoms with Crippen molar-refractivity contribution in [3.63, 3.8) is 0 Å². The second-order valence-electron chi connectivity index (χ2n) is 2.84. The first-order valence-corrected chi connectivity index (χ1v) is 6.86. The molecule has 0 spiro atoms. The van der Waals surface area contributed by atoms with Crippen molar-refractivity contribution in [2.45, 2.75) is 5.33 Å². The number of alkyl halides is 1. The average Bonchev–Trinajstić information content (AvgIpc) is 2.64. The third-order valence-corrected chi connectivity index (χ3v) is 4.41. The van der Waals surface area contributed by atoms with Crippen LogP contribution in [-0.2, 0) is 5.33 Å². The lowest BCUT2D eigenvalue weighted by Crippen LogP contribution is -1.88. The Hall–Kier alpha value is -0.0600. The van der Waals surface area contributed by atoms with Gasteiger partial charge in [0, 0.05) is 10.0 Å². The first-order chi connectivity index (χ1) is 6.77. The molecule has 1 aromatic carbocycles. The predicted octanol–water partition coefficient (Wildman–Crippen LogP) is 4.57. The zero-order chi connectivity index (χ0) is 10.1. The van der Waals surface area contributed by atoms with Crippen molar-refractivity contribution in [2.75, 3.05) is 7.11 Å². The van der Waals surface area contributed by atoms with Crippen LogP contribution in [0.15, 0.2) is 22.0 Å². The first-order valence-electron chi connectivity index (χ1n) is 4.06. The molecule has 74 valence electrons. The highest BCUT2D eigenvalue weighted by atomic mass is 79.9. The summed E-state index contributed by atoms with van der Waals surface area (Å²) in [4.78, 5) is 0. The molecule has 0 unspecified atom stereocenters. The molecule has 1 aromatic heterocycles. The van der Waals surface area contributed by atoms with Gasteiger partial charge in [-0.15, -0.1) is 11.3 Å². The Morgan fingerprint density at radius 1 is 1.50 bits per heavy atom. The molecule has 1 heterocycles. The molecule has 4 heteroatoms. The first kappa shape index (κ1) is 10.5. The molecule has 0 aliphatic carbocycles. The molecule has 0 fully saturated rings. The van der Waals surface area contributed by atoms with E-state index in [4.69, 9.17) is 4.74 Å². The van der Waals surface area contributed by atoms with Gasteiger partial charge in [-0.25, -0.2) is 0 Å². The highest BCUT2D eigenvalue weighted by molar-refractivity contribution is 9.11. The topological polar surface area (TPSA) is 9.23 Å². The van der Waals surface area contributed by atoms with Crippen molar-refractivity contribution in [3.05, 3.63) is 27.5 Å². The summed E-state index contributed by atoms with van der Waals surface area (Å²) in [6.07, 6.45) is 0. The summed E-state index contributed by atoms with van der Waals surface area (Å²) in [5.74, 6) is 0.898. The Kier molecular flexibility index (Phi) is 3.14. The van der Waals surface area contributed by atoms with Crippen molar-refractivity contribution in [1.29, 1.82) is 0 Å². The van der Waals surface area contributed by atoms with E-state index < -0.39 is 0 Å². The molecule has 0 N–H and O–H groups in total. The van der Waals surface area contributed by atoms with Crippen LogP contribution >= 0.6 is 43.2 Å². The van der Waals surface area contributed by atoms with Crippen LogP contribution in [0.2, 0.25) is 0 Å². The Morgan fingerprint density at radius 3 is 2.93 bits per heavy atom. The Bertz CT molecular complexity index is 464. The van der Waals surface area contributed by atoms with Crippen molar-refractivity contribution < 1.29 is 4.74 Å². The maximum Gasteiger partial charge on any atom is 0.134 e. The average molecular weight is 336 g/mol. The van der Waals surface area contributed by atoms with Gasteiger partial charge in [-0.2, -0.15) is 0 Å². The van der Waals surface area contributed by atoms with Crippen molar-refractivity contribution in [3.8, 4) is 5.75 Å². The lowest BCUT2D eigenvalue weighted by atomic mass is 10.1. The highest BCUT2D eigenvalue weighted by Crippen LogP contribution is 2.38. The summed E-state index contributed by atoms with van der Waals surface area (Å²) >= 11 is 8.79. The Balaban J connectivity index is 2.80. The summed E-state index contributed by atoms with van der Waals surface area (Å²) in [5, 5.41) is 4.22. The van der Waals surface area contributed by atoms with Crippen molar-refractivity contribution in [2.24, 2.45) is 0 Å². The van der Waals surface area contributed by atoms with E-state index >= 15 is 0 Å². The summed E-state index contributed by atoms with van der Waals surface area (Å²) < 4.78 is 7.61. The summed E-state index contributed by atoms with van der Waals surface area (Å²) in [5.41, 5.74) is 1.25. The van der Waals surface area contributed by atoms with Gasteiger partial charge < -0.3 is 4.74 Å². The van der Waals surface area contributed by atoms with E-state index in [9.17, 15) is 0 Å². The number of thiophene rings is 1. The van der Waals surface area contributed by atoms with Gasteiger partial charge in [0.05, 0.1) is 11.6 Å². The molecular formula is C10H8Br2OS. The SMILES string of the molecule is COc1cc2sccc2c(CBr)c1Br. The molecule has 0 radical (unpaired) electrons. The fourth-order valence-corrected chi connectivity index (χ4v) is 3.84. The largest absolute Gasteiger partial charge is 0.496 e. The smallest absolute Gasteiger partial charge is 0.134 e. The van der Waals surface area contributed by atoms with Gasteiger partial charge >= 0.3 is 0 Å². The minimum Gasteiger partial charge on any atom is -0.496 e. The van der Waals surface area contributed by atoms with Crippen LogP contribution in [-0.4, -0.2) is 7.11 Å². The second kappa shape index (κ2) is 4.21. The molecule has 0 saturated heterocycles. The fourth-order valence-electron chi connectivity index (χ4n) is 1.41. The van der Waals surface area contributed by atoms with Gasteiger partial charge in [0.1, 0.15) is 5.75 Å². The minimum atomic E-state index is 0.831. The van der Waals surface area contributed by atoms with Gasteiger partial charge in [0.2, 0.25) is 0 Å².